The van der Waals surface area contributed by atoms with Crippen LogP contribution in [0.3, 0.4) is 0 Å². The van der Waals surface area contributed by atoms with Crippen molar-refractivity contribution in [1.29, 1.82) is 0 Å². The van der Waals surface area contributed by atoms with Crippen LogP contribution in [0.1, 0.15) is 30.4 Å². The van der Waals surface area contributed by atoms with Crippen molar-refractivity contribution in [3.8, 4) is 5.75 Å². The van der Waals surface area contributed by atoms with Gasteiger partial charge in [0, 0.05) is 5.38 Å². The number of methoxy groups -OCH3 is 1. The molecule has 0 aromatic heterocycles. The van der Waals surface area contributed by atoms with Crippen molar-refractivity contribution in [2.24, 2.45) is 5.92 Å². The van der Waals surface area contributed by atoms with Crippen LogP contribution in [0.15, 0.2) is 18.2 Å². The molecule has 88 valence electrons. The molecule has 0 radical (unpaired) electrons. The molecule has 2 heteroatoms. The minimum Gasteiger partial charge on any atom is -0.496 e. The first-order valence-electron chi connectivity index (χ1n) is 5.98. The average molecular weight is 239 g/mol. The Hall–Kier alpha value is -0.690. The van der Waals surface area contributed by atoms with E-state index in [1.807, 2.05) is 0 Å². The second-order valence-corrected chi connectivity index (χ2v) is 5.29. The zero-order valence-corrected chi connectivity index (χ0v) is 10.8. The third-order valence-electron chi connectivity index (χ3n) is 3.48. The predicted molar refractivity (Wildman–Crippen MR) is 68.4 cm³/mol. The Morgan fingerprint density at radius 2 is 2.19 bits per heavy atom. The quantitative estimate of drug-likeness (QED) is 0.725. The largest absolute Gasteiger partial charge is 0.496 e. The fourth-order valence-corrected chi connectivity index (χ4v) is 2.94. The van der Waals surface area contributed by atoms with Crippen LogP contribution < -0.4 is 4.74 Å². The fourth-order valence-electron chi connectivity index (χ4n) is 2.57. The Morgan fingerprint density at radius 1 is 1.38 bits per heavy atom. The Bertz CT molecular complexity index is 362. The molecule has 2 rings (SSSR count). The number of benzene rings is 1. The number of hydrogen-bond donors (Lipinski definition) is 0. The summed E-state index contributed by atoms with van der Waals surface area (Å²) < 4.78 is 5.40. The van der Waals surface area contributed by atoms with Crippen LogP contribution in [-0.4, -0.2) is 12.5 Å². The van der Waals surface area contributed by atoms with Crippen LogP contribution in [0.4, 0.5) is 0 Å². The van der Waals surface area contributed by atoms with E-state index >= 15 is 0 Å². The van der Waals surface area contributed by atoms with Gasteiger partial charge in [0.1, 0.15) is 5.75 Å². The number of alkyl halides is 1. The Labute approximate surface area is 103 Å². The molecular weight excluding hydrogens is 220 g/mol. The standard InChI is InChI=1S/C14H19ClO/c1-10-6-7-14(16-2)12(8-10)9-11-4-3-5-13(11)15/h6-8,11,13H,3-5,9H2,1-2H3. The third-order valence-corrected chi connectivity index (χ3v) is 4.06. The molecular formula is C14H19ClO. The molecule has 1 nitrogen and oxygen atoms in total. The number of aryl methyl sites for hydroxylation is 1. The van der Waals surface area contributed by atoms with Gasteiger partial charge >= 0.3 is 0 Å². The molecule has 0 amide bonds. The molecule has 1 fully saturated rings. The van der Waals surface area contributed by atoms with Crippen molar-refractivity contribution in [3.63, 3.8) is 0 Å². The molecule has 0 heterocycles. The van der Waals surface area contributed by atoms with E-state index in [4.69, 9.17) is 16.3 Å². The molecule has 16 heavy (non-hydrogen) atoms. The summed E-state index contributed by atoms with van der Waals surface area (Å²) in [5, 5.41) is 0.352. The van der Waals surface area contributed by atoms with Gasteiger partial charge < -0.3 is 4.74 Å². The van der Waals surface area contributed by atoms with Gasteiger partial charge in [-0.3, -0.25) is 0 Å². The van der Waals surface area contributed by atoms with Gasteiger partial charge in [-0.05, 0) is 43.7 Å². The molecule has 0 aliphatic heterocycles. The van der Waals surface area contributed by atoms with Crippen LogP contribution in [0.5, 0.6) is 5.75 Å². The van der Waals surface area contributed by atoms with E-state index in [2.05, 4.69) is 25.1 Å². The zero-order chi connectivity index (χ0) is 11.5. The van der Waals surface area contributed by atoms with Crippen LogP contribution in [0.25, 0.3) is 0 Å². The lowest BCUT2D eigenvalue weighted by Gasteiger charge is -2.16. The average Bonchev–Trinajstić information content (AvgIpc) is 2.65. The summed E-state index contributed by atoms with van der Waals surface area (Å²) in [6.07, 6.45) is 4.75. The van der Waals surface area contributed by atoms with Gasteiger partial charge in [-0.25, -0.2) is 0 Å². The summed E-state index contributed by atoms with van der Waals surface area (Å²) in [5.41, 5.74) is 2.60. The van der Waals surface area contributed by atoms with Crippen molar-refractivity contribution in [1.82, 2.24) is 0 Å². The topological polar surface area (TPSA) is 9.23 Å². The molecule has 2 atom stereocenters. The summed E-state index contributed by atoms with van der Waals surface area (Å²) >= 11 is 6.32. The van der Waals surface area contributed by atoms with Crippen molar-refractivity contribution in [2.75, 3.05) is 7.11 Å². The maximum atomic E-state index is 6.32. The SMILES string of the molecule is COc1ccc(C)cc1CC1CCCC1Cl. The monoisotopic (exact) mass is 238 g/mol. The maximum absolute atomic E-state index is 6.32. The van der Waals surface area contributed by atoms with E-state index in [1.165, 1.54) is 30.4 Å². The zero-order valence-electron chi connectivity index (χ0n) is 10.0. The summed E-state index contributed by atoms with van der Waals surface area (Å²) in [4.78, 5) is 0. The van der Waals surface area contributed by atoms with E-state index < -0.39 is 0 Å². The van der Waals surface area contributed by atoms with Crippen molar-refractivity contribution in [3.05, 3.63) is 29.3 Å². The number of ether oxygens (including phenoxy) is 1. The second kappa shape index (κ2) is 5.09. The minimum atomic E-state index is 0.352. The highest BCUT2D eigenvalue weighted by Gasteiger charge is 2.26. The van der Waals surface area contributed by atoms with E-state index in [9.17, 15) is 0 Å². The van der Waals surface area contributed by atoms with Crippen molar-refractivity contribution < 1.29 is 4.74 Å². The molecule has 1 aromatic rings. The normalized spacial score (nSPS) is 24.7. The van der Waals surface area contributed by atoms with Crippen LogP contribution in [-0.2, 0) is 6.42 Å². The molecule has 2 unspecified atom stereocenters. The van der Waals surface area contributed by atoms with Gasteiger partial charge in [0.2, 0.25) is 0 Å². The highest BCUT2D eigenvalue weighted by Crippen LogP contribution is 2.34. The summed E-state index contributed by atoms with van der Waals surface area (Å²) in [6.45, 7) is 2.12. The van der Waals surface area contributed by atoms with Crippen molar-refractivity contribution >= 4 is 11.6 Å². The molecule has 1 aromatic carbocycles. The van der Waals surface area contributed by atoms with E-state index in [0.29, 0.717) is 11.3 Å². The first-order chi connectivity index (χ1) is 7.70. The first-order valence-corrected chi connectivity index (χ1v) is 6.42. The smallest absolute Gasteiger partial charge is 0.122 e. The number of hydrogen-bond acceptors (Lipinski definition) is 1. The van der Waals surface area contributed by atoms with Gasteiger partial charge in [-0.2, -0.15) is 0 Å². The fraction of sp³-hybridized carbons (Fsp3) is 0.571. The lowest BCUT2D eigenvalue weighted by Crippen LogP contribution is -2.11. The molecule has 1 aliphatic rings. The third kappa shape index (κ3) is 2.52. The molecule has 0 bridgehead atoms. The van der Waals surface area contributed by atoms with Crippen LogP contribution in [0, 0.1) is 12.8 Å². The molecule has 0 saturated heterocycles. The first kappa shape index (κ1) is 11.8. The van der Waals surface area contributed by atoms with Gasteiger partial charge in [0.15, 0.2) is 0 Å². The van der Waals surface area contributed by atoms with Crippen molar-refractivity contribution in [2.45, 2.75) is 38.0 Å². The Balaban J connectivity index is 2.16. The number of rotatable bonds is 3. The Kier molecular flexibility index (Phi) is 3.75. The second-order valence-electron chi connectivity index (χ2n) is 4.73. The predicted octanol–water partition coefficient (Wildman–Crippen LogP) is 3.95. The molecule has 0 spiro atoms. The molecule has 0 N–H and O–H groups in total. The highest BCUT2D eigenvalue weighted by molar-refractivity contribution is 6.20. The van der Waals surface area contributed by atoms with Gasteiger partial charge in [-0.1, -0.05) is 24.1 Å². The van der Waals surface area contributed by atoms with E-state index in [-0.39, 0.29) is 0 Å². The summed E-state index contributed by atoms with van der Waals surface area (Å²) in [5.74, 6) is 1.62. The van der Waals surface area contributed by atoms with Crippen LogP contribution in [0.2, 0.25) is 0 Å². The molecule has 1 aliphatic carbocycles. The van der Waals surface area contributed by atoms with E-state index in [1.54, 1.807) is 7.11 Å². The van der Waals surface area contributed by atoms with Gasteiger partial charge in [0.25, 0.3) is 0 Å². The summed E-state index contributed by atoms with van der Waals surface area (Å²) in [7, 11) is 1.74. The van der Waals surface area contributed by atoms with Crippen LogP contribution >= 0.6 is 11.6 Å². The van der Waals surface area contributed by atoms with E-state index in [0.717, 1.165) is 12.2 Å². The maximum Gasteiger partial charge on any atom is 0.122 e. The molecule has 1 saturated carbocycles. The van der Waals surface area contributed by atoms with Gasteiger partial charge in [-0.15, -0.1) is 11.6 Å². The van der Waals surface area contributed by atoms with Gasteiger partial charge in [0.05, 0.1) is 7.11 Å². The number of halogens is 1. The Morgan fingerprint density at radius 3 is 2.81 bits per heavy atom. The summed E-state index contributed by atoms with van der Waals surface area (Å²) in [6, 6.07) is 6.37. The minimum absolute atomic E-state index is 0.352. The lowest BCUT2D eigenvalue weighted by atomic mass is 9.96. The lowest BCUT2D eigenvalue weighted by molar-refractivity contribution is 0.404. The highest BCUT2D eigenvalue weighted by atomic mass is 35.5.